The number of alkyl halides is 2. The maximum absolute atomic E-state index is 12.7. The van der Waals surface area contributed by atoms with Gasteiger partial charge >= 0.3 is 5.97 Å². The Bertz CT molecular complexity index is 410. The third-order valence-corrected chi connectivity index (χ3v) is 2.04. The van der Waals surface area contributed by atoms with Gasteiger partial charge < -0.3 is 15.6 Å². The quantitative estimate of drug-likeness (QED) is 0.814. The number of carboxylic acids is 1. The Morgan fingerprint density at radius 1 is 1.69 bits per heavy atom. The number of aromatic nitrogens is 1. The monoisotopic (exact) mass is 232 g/mol. The summed E-state index contributed by atoms with van der Waals surface area (Å²) in [7, 11) is 1.18. The van der Waals surface area contributed by atoms with Crippen molar-refractivity contribution in [2.45, 2.75) is 13.0 Å². The summed E-state index contributed by atoms with van der Waals surface area (Å²) in [5.41, 5.74) is 4.21. The molecule has 0 atom stereocenters. The number of hydrogen-bond donors (Lipinski definition) is 2. The van der Waals surface area contributed by atoms with Crippen molar-refractivity contribution in [3.05, 3.63) is 22.9 Å². The van der Waals surface area contributed by atoms with Crippen LogP contribution in [0.15, 0.2) is 6.20 Å². The van der Waals surface area contributed by atoms with Crippen LogP contribution in [0.1, 0.15) is 27.9 Å². The van der Waals surface area contributed by atoms with Crippen LogP contribution in [0.4, 0.5) is 8.78 Å². The highest BCUT2D eigenvalue weighted by Crippen LogP contribution is 2.32. The minimum atomic E-state index is -2.89. The van der Waals surface area contributed by atoms with E-state index in [0.29, 0.717) is 0 Å². The zero-order chi connectivity index (χ0) is 12.3. The molecule has 0 bridgehead atoms. The first kappa shape index (κ1) is 12.3. The molecule has 0 aromatic carbocycles. The van der Waals surface area contributed by atoms with E-state index in [4.69, 9.17) is 10.8 Å². The van der Waals surface area contributed by atoms with Gasteiger partial charge in [0.25, 0.3) is 6.43 Å². The molecule has 5 nitrogen and oxygen atoms in total. The summed E-state index contributed by atoms with van der Waals surface area (Å²) < 4.78 is 30.1. The molecule has 0 aliphatic heterocycles. The van der Waals surface area contributed by atoms with E-state index in [0.717, 1.165) is 6.20 Å². The SMILES string of the molecule is COc1ncc(C(=O)O)c(CN)c1C(F)F. The molecule has 0 saturated carbocycles. The fraction of sp³-hybridized carbons (Fsp3) is 0.333. The first-order chi connectivity index (χ1) is 7.52. The number of methoxy groups -OCH3 is 1. The lowest BCUT2D eigenvalue weighted by molar-refractivity contribution is 0.0694. The maximum Gasteiger partial charge on any atom is 0.337 e. The minimum Gasteiger partial charge on any atom is -0.481 e. The van der Waals surface area contributed by atoms with Gasteiger partial charge in [0, 0.05) is 12.7 Å². The van der Waals surface area contributed by atoms with Gasteiger partial charge in [0.2, 0.25) is 5.88 Å². The Kier molecular flexibility index (Phi) is 3.73. The molecule has 7 heteroatoms. The van der Waals surface area contributed by atoms with Crippen LogP contribution < -0.4 is 10.5 Å². The van der Waals surface area contributed by atoms with E-state index in [1.54, 1.807) is 0 Å². The molecule has 1 heterocycles. The molecular formula is C9H10F2N2O3. The van der Waals surface area contributed by atoms with E-state index in [1.807, 2.05) is 0 Å². The van der Waals surface area contributed by atoms with Gasteiger partial charge in [-0.2, -0.15) is 0 Å². The van der Waals surface area contributed by atoms with Gasteiger partial charge in [-0.3, -0.25) is 0 Å². The second-order valence-corrected chi connectivity index (χ2v) is 2.88. The van der Waals surface area contributed by atoms with Crippen molar-refractivity contribution in [1.82, 2.24) is 4.98 Å². The normalized spacial score (nSPS) is 10.6. The summed E-state index contributed by atoms with van der Waals surface area (Å²) in [4.78, 5) is 14.3. The number of halogens is 2. The molecule has 1 aromatic rings. The number of rotatable bonds is 4. The standard InChI is InChI=1S/C9H10F2N2O3/c1-16-8-6(7(10)11)4(2-12)5(3-13-8)9(14)15/h3,7H,2,12H2,1H3,(H,14,15). The molecule has 0 spiro atoms. The van der Waals surface area contributed by atoms with E-state index in [-0.39, 0.29) is 23.6 Å². The third kappa shape index (κ3) is 2.08. The van der Waals surface area contributed by atoms with E-state index in [2.05, 4.69) is 9.72 Å². The smallest absolute Gasteiger partial charge is 0.337 e. The molecule has 0 fully saturated rings. The van der Waals surface area contributed by atoms with Crippen molar-refractivity contribution in [2.24, 2.45) is 5.73 Å². The van der Waals surface area contributed by atoms with Crippen molar-refractivity contribution in [2.75, 3.05) is 7.11 Å². The van der Waals surface area contributed by atoms with E-state index in [1.165, 1.54) is 7.11 Å². The average Bonchev–Trinajstić information content (AvgIpc) is 2.26. The van der Waals surface area contributed by atoms with Crippen molar-refractivity contribution >= 4 is 5.97 Å². The molecule has 1 rings (SSSR count). The average molecular weight is 232 g/mol. The Morgan fingerprint density at radius 3 is 2.69 bits per heavy atom. The number of aromatic carboxylic acids is 1. The summed E-state index contributed by atoms with van der Waals surface area (Å²) in [6.07, 6.45) is -1.94. The first-order valence-corrected chi connectivity index (χ1v) is 4.30. The van der Waals surface area contributed by atoms with Crippen LogP contribution >= 0.6 is 0 Å². The molecule has 16 heavy (non-hydrogen) atoms. The van der Waals surface area contributed by atoms with Gasteiger partial charge in [-0.25, -0.2) is 18.6 Å². The summed E-state index contributed by atoms with van der Waals surface area (Å²) in [5.74, 6) is -1.65. The summed E-state index contributed by atoms with van der Waals surface area (Å²) >= 11 is 0. The minimum absolute atomic E-state index is 0.158. The number of nitrogens with zero attached hydrogens (tertiary/aromatic N) is 1. The third-order valence-electron chi connectivity index (χ3n) is 2.04. The van der Waals surface area contributed by atoms with Crippen LogP contribution in [0.5, 0.6) is 5.88 Å². The predicted molar refractivity (Wildman–Crippen MR) is 50.6 cm³/mol. The number of pyridine rings is 1. The van der Waals surface area contributed by atoms with Crippen LogP contribution in [0.3, 0.4) is 0 Å². The van der Waals surface area contributed by atoms with Gasteiger partial charge in [-0.1, -0.05) is 0 Å². The lowest BCUT2D eigenvalue weighted by Crippen LogP contribution is -2.13. The number of carboxylic acid groups (broad SMARTS) is 1. The first-order valence-electron chi connectivity index (χ1n) is 4.30. The topological polar surface area (TPSA) is 85.4 Å². The second kappa shape index (κ2) is 4.84. The van der Waals surface area contributed by atoms with Crippen molar-refractivity contribution in [3.8, 4) is 5.88 Å². The zero-order valence-corrected chi connectivity index (χ0v) is 8.41. The molecule has 0 aliphatic carbocycles. The van der Waals surface area contributed by atoms with Crippen LogP contribution in [0.2, 0.25) is 0 Å². The summed E-state index contributed by atoms with van der Waals surface area (Å²) in [6, 6.07) is 0. The summed E-state index contributed by atoms with van der Waals surface area (Å²) in [6.45, 7) is -0.319. The molecular weight excluding hydrogens is 222 g/mol. The molecule has 0 saturated heterocycles. The predicted octanol–water partition coefficient (Wildman–Crippen LogP) is 1.18. The number of carbonyl (C=O) groups is 1. The highest BCUT2D eigenvalue weighted by Gasteiger charge is 2.24. The second-order valence-electron chi connectivity index (χ2n) is 2.88. The highest BCUT2D eigenvalue weighted by molar-refractivity contribution is 5.89. The van der Waals surface area contributed by atoms with Gasteiger partial charge in [0.1, 0.15) is 0 Å². The van der Waals surface area contributed by atoms with Crippen LogP contribution in [0, 0.1) is 0 Å². The fourth-order valence-corrected chi connectivity index (χ4v) is 1.34. The molecule has 0 aliphatic rings. The van der Waals surface area contributed by atoms with Crippen LogP contribution in [-0.4, -0.2) is 23.2 Å². The van der Waals surface area contributed by atoms with E-state index >= 15 is 0 Å². The van der Waals surface area contributed by atoms with E-state index in [9.17, 15) is 13.6 Å². The zero-order valence-electron chi connectivity index (χ0n) is 8.41. The molecule has 3 N–H and O–H groups in total. The Morgan fingerprint density at radius 2 is 2.31 bits per heavy atom. The molecule has 1 aromatic heterocycles. The fourth-order valence-electron chi connectivity index (χ4n) is 1.34. The van der Waals surface area contributed by atoms with Crippen molar-refractivity contribution in [3.63, 3.8) is 0 Å². The van der Waals surface area contributed by atoms with Gasteiger partial charge in [-0.15, -0.1) is 0 Å². The summed E-state index contributed by atoms with van der Waals surface area (Å²) in [5, 5.41) is 8.79. The van der Waals surface area contributed by atoms with Crippen LogP contribution in [0.25, 0.3) is 0 Å². The molecule has 88 valence electrons. The lowest BCUT2D eigenvalue weighted by atomic mass is 10.0. The lowest BCUT2D eigenvalue weighted by Gasteiger charge is -2.13. The number of ether oxygens (including phenoxy) is 1. The maximum atomic E-state index is 12.7. The Balaban J connectivity index is 3.49. The van der Waals surface area contributed by atoms with Gasteiger partial charge in [0.15, 0.2) is 0 Å². The van der Waals surface area contributed by atoms with Crippen LogP contribution in [-0.2, 0) is 6.54 Å². The van der Waals surface area contributed by atoms with Crippen molar-refractivity contribution < 1.29 is 23.4 Å². The highest BCUT2D eigenvalue weighted by atomic mass is 19.3. The van der Waals surface area contributed by atoms with Crippen molar-refractivity contribution in [1.29, 1.82) is 0 Å². The Labute approximate surface area is 89.9 Å². The van der Waals surface area contributed by atoms with E-state index < -0.39 is 18.0 Å². The Hall–Kier alpha value is -1.76. The molecule has 0 radical (unpaired) electrons. The number of hydrogen-bond acceptors (Lipinski definition) is 4. The van der Waals surface area contributed by atoms with Gasteiger partial charge in [0.05, 0.1) is 18.2 Å². The molecule has 0 amide bonds. The van der Waals surface area contributed by atoms with Gasteiger partial charge in [-0.05, 0) is 5.56 Å². The largest absolute Gasteiger partial charge is 0.481 e. The number of nitrogens with two attached hydrogens (primary N) is 1. The molecule has 0 unspecified atom stereocenters.